The molecular formula is C16H22N4O5S. The summed E-state index contributed by atoms with van der Waals surface area (Å²) in [6.07, 6.45) is 5.07. The van der Waals surface area contributed by atoms with Gasteiger partial charge in [0, 0.05) is 30.9 Å². The molecule has 0 radical (unpaired) electrons. The molecule has 1 aliphatic heterocycles. The van der Waals surface area contributed by atoms with E-state index in [1.165, 1.54) is 22.9 Å². The van der Waals surface area contributed by atoms with Crippen LogP contribution in [0.5, 0.6) is 0 Å². The Morgan fingerprint density at radius 1 is 1.15 bits per heavy atom. The lowest BCUT2D eigenvalue weighted by atomic mass is 9.99. The second kappa shape index (κ2) is 8.11. The summed E-state index contributed by atoms with van der Waals surface area (Å²) in [5, 5.41) is 15.4. The number of morpholine rings is 1. The summed E-state index contributed by atoms with van der Waals surface area (Å²) in [5.74, 6) is 0. The maximum Gasteiger partial charge on any atom is 0.270 e. The summed E-state index contributed by atoms with van der Waals surface area (Å²) in [6, 6.07) is 3.77. The molecule has 0 atom stereocenters. The lowest BCUT2D eigenvalue weighted by Gasteiger charge is -2.26. The highest BCUT2D eigenvalue weighted by Gasteiger charge is 2.30. The predicted molar refractivity (Wildman–Crippen MR) is 96.8 cm³/mol. The number of sulfonamides is 1. The van der Waals surface area contributed by atoms with E-state index in [4.69, 9.17) is 4.74 Å². The van der Waals surface area contributed by atoms with Crippen molar-refractivity contribution in [3.05, 3.63) is 28.3 Å². The molecule has 0 unspecified atom stereocenters. The van der Waals surface area contributed by atoms with Crippen molar-refractivity contribution in [1.82, 2.24) is 4.31 Å². The van der Waals surface area contributed by atoms with E-state index in [-0.39, 0.29) is 29.4 Å². The fraction of sp³-hybridized carbons (Fsp3) is 0.562. The number of benzene rings is 1. The molecule has 9 nitrogen and oxygen atoms in total. The number of hydrogen-bond donors (Lipinski definition) is 1. The fourth-order valence-corrected chi connectivity index (χ4v) is 4.64. The van der Waals surface area contributed by atoms with Gasteiger partial charge in [0.25, 0.3) is 5.69 Å². The lowest BCUT2D eigenvalue weighted by molar-refractivity contribution is -0.385. The number of anilines is 1. The molecule has 1 heterocycles. The normalized spacial score (nSPS) is 19.2. The Balaban J connectivity index is 1.94. The second-order valence-corrected chi connectivity index (χ2v) is 8.21. The Morgan fingerprint density at radius 2 is 1.85 bits per heavy atom. The van der Waals surface area contributed by atoms with Crippen molar-refractivity contribution in [1.29, 1.82) is 0 Å². The molecule has 0 aromatic heterocycles. The van der Waals surface area contributed by atoms with Crippen LogP contribution < -0.4 is 5.43 Å². The van der Waals surface area contributed by atoms with Crippen LogP contribution in [0.3, 0.4) is 0 Å². The number of rotatable bonds is 5. The highest BCUT2D eigenvalue weighted by Crippen LogP contribution is 2.30. The van der Waals surface area contributed by atoms with Crippen molar-refractivity contribution >= 4 is 27.1 Å². The topological polar surface area (TPSA) is 114 Å². The molecule has 1 aromatic carbocycles. The van der Waals surface area contributed by atoms with Crippen LogP contribution in [0.4, 0.5) is 11.4 Å². The molecule has 3 rings (SSSR count). The van der Waals surface area contributed by atoms with Crippen LogP contribution in [0, 0.1) is 10.1 Å². The van der Waals surface area contributed by atoms with Crippen LogP contribution in [0.25, 0.3) is 0 Å². The van der Waals surface area contributed by atoms with Gasteiger partial charge in [0.05, 0.1) is 23.8 Å². The summed E-state index contributed by atoms with van der Waals surface area (Å²) in [6.45, 7) is 1.05. The maximum atomic E-state index is 13.0. The van der Waals surface area contributed by atoms with Gasteiger partial charge in [-0.1, -0.05) is 6.42 Å². The highest BCUT2D eigenvalue weighted by molar-refractivity contribution is 7.89. The first-order valence-electron chi connectivity index (χ1n) is 8.66. The van der Waals surface area contributed by atoms with Crippen molar-refractivity contribution in [2.24, 2.45) is 5.10 Å². The number of hydrogen-bond acceptors (Lipinski definition) is 7. The second-order valence-electron chi connectivity index (χ2n) is 6.30. The Hall–Kier alpha value is -2.04. The van der Waals surface area contributed by atoms with Gasteiger partial charge in [0.15, 0.2) is 0 Å². The SMILES string of the molecule is O=[N+]([O-])c1ccc(NN=C2CCCCC2)c(S(=O)(=O)N2CCOCC2)c1. The third kappa shape index (κ3) is 4.19. The Kier molecular flexibility index (Phi) is 5.84. The van der Waals surface area contributed by atoms with Gasteiger partial charge in [-0.3, -0.25) is 15.5 Å². The van der Waals surface area contributed by atoms with Gasteiger partial charge in [-0.15, -0.1) is 0 Å². The number of nitrogens with one attached hydrogen (secondary N) is 1. The van der Waals surface area contributed by atoms with E-state index in [1.807, 2.05) is 0 Å². The van der Waals surface area contributed by atoms with E-state index >= 15 is 0 Å². The molecule has 26 heavy (non-hydrogen) atoms. The average molecular weight is 382 g/mol. The number of nitro groups is 1. The average Bonchev–Trinajstić information content (AvgIpc) is 2.67. The van der Waals surface area contributed by atoms with Crippen LogP contribution in [0.1, 0.15) is 32.1 Å². The molecular weight excluding hydrogens is 360 g/mol. The maximum absolute atomic E-state index is 13.0. The minimum absolute atomic E-state index is 0.131. The van der Waals surface area contributed by atoms with Gasteiger partial charge in [-0.05, 0) is 31.7 Å². The summed E-state index contributed by atoms with van der Waals surface area (Å²) in [4.78, 5) is 10.4. The number of nitro benzene ring substituents is 1. The minimum atomic E-state index is -3.88. The Labute approximate surface area is 152 Å². The van der Waals surface area contributed by atoms with E-state index in [2.05, 4.69) is 10.5 Å². The Bertz CT molecular complexity index is 795. The molecule has 1 aliphatic carbocycles. The quantitative estimate of drug-likeness (QED) is 0.617. The largest absolute Gasteiger partial charge is 0.379 e. The predicted octanol–water partition coefficient (Wildman–Crippen LogP) is 2.35. The third-order valence-electron chi connectivity index (χ3n) is 4.53. The molecule has 1 saturated carbocycles. The molecule has 2 aliphatic rings. The zero-order valence-electron chi connectivity index (χ0n) is 14.4. The van der Waals surface area contributed by atoms with Crippen molar-refractivity contribution in [3.8, 4) is 0 Å². The fourth-order valence-electron chi connectivity index (χ4n) is 3.07. The number of nitrogens with zero attached hydrogens (tertiary/aromatic N) is 3. The molecule has 0 amide bonds. The summed E-state index contributed by atoms with van der Waals surface area (Å²) in [5.41, 5.74) is 3.79. The highest BCUT2D eigenvalue weighted by atomic mass is 32.2. The van der Waals surface area contributed by atoms with Gasteiger partial charge < -0.3 is 4.74 Å². The first-order valence-corrected chi connectivity index (χ1v) is 10.1. The molecule has 142 valence electrons. The molecule has 10 heteroatoms. The number of hydrazone groups is 1. The third-order valence-corrected chi connectivity index (χ3v) is 6.47. The smallest absolute Gasteiger partial charge is 0.270 e. The summed E-state index contributed by atoms with van der Waals surface area (Å²) in [7, 11) is -3.88. The van der Waals surface area contributed by atoms with Gasteiger partial charge in [0.2, 0.25) is 10.0 Å². The van der Waals surface area contributed by atoms with E-state index in [0.29, 0.717) is 13.2 Å². The summed E-state index contributed by atoms with van der Waals surface area (Å²) >= 11 is 0. The van der Waals surface area contributed by atoms with Crippen LogP contribution in [0.15, 0.2) is 28.2 Å². The molecule has 1 aromatic rings. The Morgan fingerprint density at radius 3 is 2.50 bits per heavy atom. The van der Waals surface area contributed by atoms with Gasteiger partial charge in [0.1, 0.15) is 4.90 Å². The molecule has 0 bridgehead atoms. The zero-order valence-corrected chi connectivity index (χ0v) is 15.2. The monoisotopic (exact) mass is 382 g/mol. The molecule has 0 spiro atoms. The van der Waals surface area contributed by atoms with E-state index in [9.17, 15) is 18.5 Å². The lowest BCUT2D eigenvalue weighted by Crippen LogP contribution is -2.40. The van der Waals surface area contributed by atoms with E-state index in [1.54, 1.807) is 0 Å². The molecule has 2 fully saturated rings. The van der Waals surface area contributed by atoms with Crippen LogP contribution in [0.2, 0.25) is 0 Å². The zero-order chi connectivity index (χ0) is 18.6. The molecule has 1 N–H and O–H groups in total. The van der Waals surface area contributed by atoms with E-state index < -0.39 is 14.9 Å². The van der Waals surface area contributed by atoms with Gasteiger partial charge >= 0.3 is 0 Å². The van der Waals surface area contributed by atoms with Crippen molar-refractivity contribution < 1.29 is 18.1 Å². The van der Waals surface area contributed by atoms with Crippen molar-refractivity contribution in [3.63, 3.8) is 0 Å². The number of ether oxygens (including phenoxy) is 1. The summed E-state index contributed by atoms with van der Waals surface area (Å²) < 4.78 is 32.5. The minimum Gasteiger partial charge on any atom is -0.379 e. The van der Waals surface area contributed by atoms with Gasteiger partial charge in [-0.25, -0.2) is 8.42 Å². The first-order chi connectivity index (χ1) is 12.5. The number of non-ortho nitro benzene ring substituents is 1. The van der Waals surface area contributed by atoms with Crippen molar-refractivity contribution in [2.75, 3.05) is 31.7 Å². The van der Waals surface area contributed by atoms with Crippen molar-refractivity contribution in [2.45, 2.75) is 37.0 Å². The standard InChI is InChI=1S/C16H22N4O5S/c21-20(22)14-6-7-15(18-17-13-4-2-1-3-5-13)16(12-14)26(23,24)19-8-10-25-11-9-19/h6-7,12,18H,1-5,8-11H2. The van der Waals surface area contributed by atoms with Gasteiger partial charge in [-0.2, -0.15) is 9.41 Å². The molecule has 1 saturated heterocycles. The van der Waals surface area contributed by atoms with Crippen LogP contribution >= 0.6 is 0 Å². The first kappa shape index (κ1) is 18.7. The van der Waals surface area contributed by atoms with Crippen LogP contribution in [-0.4, -0.2) is 49.7 Å². The van der Waals surface area contributed by atoms with Crippen LogP contribution in [-0.2, 0) is 14.8 Å². The van der Waals surface area contributed by atoms with E-state index in [0.717, 1.165) is 37.5 Å².